The predicted molar refractivity (Wildman–Crippen MR) is 76.9 cm³/mol. The average molecular weight is 278 g/mol. The molecular weight excluding hydrogens is 266 g/mol. The molecule has 0 aliphatic carbocycles. The number of rotatable bonds is 3. The average Bonchev–Trinajstić information content (AvgIpc) is 2.96. The molecule has 0 saturated heterocycles. The van der Waals surface area contributed by atoms with Gasteiger partial charge in [0.25, 0.3) is 0 Å². The molecule has 0 N–H and O–H groups in total. The van der Waals surface area contributed by atoms with Crippen LogP contribution in [0.4, 0.5) is 0 Å². The Morgan fingerprint density at radius 1 is 1.22 bits per heavy atom. The molecule has 0 amide bonds. The topological polar surface area (TPSA) is 14.2 Å². The molecule has 3 rings (SSSR count). The molecular formula is C14H12ClNOS. The summed E-state index contributed by atoms with van der Waals surface area (Å²) < 4.78 is 8.28. The molecule has 0 saturated carbocycles. The molecule has 0 spiro atoms. The van der Waals surface area contributed by atoms with E-state index in [1.165, 1.54) is 15.8 Å². The van der Waals surface area contributed by atoms with Crippen molar-refractivity contribution >= 4 is 33.8 Å². The Morgan fingerprint density at radius 2 is 2.11 bits per heavy atom. The van der Waals surface area contributed by atoms with Crippen molar-refractivity contribution in [2.75, 3.05) is 7.11 Å². The molecule has 0 unspecified atom stereocenters. The Morgan fingerprint density at radius 3 is 2.83 bits per heavy atom. The van der Waals surface area contributed by atoms with Crippen molar-refractivity contribution in [3.05, 3.63) is 51.8 Å². The highest BCUT2D eigenvalue weighted by Crippen LogP contribution is 2.26. The van der Waals surface area contributed by atoms with E-state index in [1.807, 2.05) is 18.2 Å². The number of benzene rings is 1. The summed E-state index contributed by atoms with van der Waals surface area (Å²) in [7, 11) is 1.69. The van der Waals surface area contributed by atoms with Crippen LogP contribution in [0.1, 0.15) is 4.88 Å². The van der Waals surface area contributed by atoms with Gasteiger partial charge in [-0.2, -0.15) is 0 Å². The van der Waals surface area contributed by atoms with Gasteiger partial charge in [0, 0.05) is 22.0 Å². The molecule has 2 aromatic heterocycles. The fourth-order valence-electron chi connectivity index (χ4n) is 2.05. The zero-order valence-corrected chi connectivity index (χ0v) is 11.5. The molecule has 0 bridgehead atoms. The lowest BCUT2D eigenvalue weighted by Crippen LogP contribution is -1.95. The number of halogens is 1. The molecule has 0 aliphatic heterocycles. The van der Waals surface area contributed by atoms with Gasteiger partial charge in [0.15, 0.2) is 0 Å². The van der Waals surface area contributed by atoms with Crippen molar-refractivity contribution in [2.45, 2.75) is 6.54 Å². The first-order chi connectivity index (χ1) is 8.76. The molecule has 2 nitrogen and oxygen atoms in total. The van der Waals surface area contributed by atoms with Gasteiger partial charge in [-0.25, -0.2) is 0 Å². The Labute approximate surface area is 114 Å². The molecule has 1 aromatic carbocycles. The maximum atomic E-state index is 5.95. The summed E-state index contributed by atoms with van der Waals surface area (Å²) in [6.07, 6.45) is 2.09. The minimum absolute atomic E-state index is 0.836. The summed E-state index contributed by atoms with van der Waals surface area (Å²) >= 11 is 7.57. The van der Waals surface area contributed by atoms with Gasteiger partial charge in [-0.05, 0) is 36.4 Å². The first-order valence-electron chi connectivity index (χ1n) is 5.63. The lowest BCUT2D eigenvalue weighted by Gasteiger charge is -2.04. The first kappa shape index (κ1) is 11.6. The van der Waals surface area contributed by atoms with Crippen LogP contribution < -0.4 is 4.74 Å². The van der Waals surface area contributed by atoms with E-state index in [1.54, 1.807) is 18.4 Å². The molecule has 3 aromatic rings. The van der Waals surface area contributed by atoms with E-state index in [0.717, 1.165) is 16.6 Å². The van der Waals surface area contributed by atoms with Gasteiger partial charge in [-0.3, -0.25) is 0 Å². The second-order valence-corrected chi connectivity index (χ2v) is 5.87. The third-order valence-corrected chi connectivity index (χ3v) is 4.15. The van der Waals surface area contributed by atoms with Gasteiger partial charge in [0.2, 0.25) is 0 Å². The van der Waals surface area contributed by atoms with E-state index in [4.69, 9.17) is 16.3 Å². The van der Waals surface area contributed by atoms with Crippen LogP contribution in [-0.4, -0.2) is 11.7 Å². The number of methoxy groups -OCH3 is 1. The van der Waals surface area contributed by atoms with Gasteiger partial charge < -0.3 is 9.30 Å². The van der Waals surface area contributed by atoms with Crippen molar-refractivity contribution < 1.29 is 4.74 Å². The highest BCUT2D eigenvalue weighted by atomic mass is 35.5. The number of nitrogens with zero attached hydrogens (tertiary/aromatic N) is 1. The maximum Gasteiger partial charge on any atom is 0.119 e. The van der Waals surface area contributed by atoms with Crippen LogP contribution >= 0.6 is 22.9 Å². The largest absolute Gasteiger partial charge is 0.497 e. The van der Waals surface area contributed by atoms with Gasteiger partial charge in [0.05, 0.1) is 18.0 Å². The molecule has 0 aliphatic rings. The summed E-state index contributed by atoms with van der Waals surface area (Å²) in [6, 6.07) is 12.2. The van der Waals surface area contributed by atoms with E-state index in [0.29, 0.717) is 0 Å². The Kier molecular flexibility index (Phi) is 3.02. The highest BCUT2D eigenvalue weighted by molar-refractivity contribution is 7.16. The van der Waals surface area contributed by atoms with Crippen LogP contribution in [-0.2, 0) is 6.54 Å². The third kappa shape index (κ3) is 2.11. The van der Waals surface area contributed by atoms with Crippen molar-refractivity contribution in [3.8, 4) is 5.75 Å². The van der Waals surface area contributed by atoms with Gasteiger partial charge in [-0.15, -0.1) is 11.3 Å². The number of ether oxygens (including phenoxy) is 1. The van der Waals surface area contributed by atoms with Crippen LogP contribution in [0, 0.1) is 0 Å². The molecule has 2 heterocycles. The fraction of sp³-hybridized carbons (Fsp3) is 0.143. The Bertz CT molecular complexity index is 686. The van der Waals surface area contributed by atoms with E-state index in [-0.39, 0.29) is 0 Å². The van der Waals surface area contributed by atoms with Gasteiger partial charge in [0.1, 0.15) is 5.75 Å². The molecule has 0 fully saturated rings. The zero-order chi connectivity index (χ0) is 12.5. The predicted octanol–water partition coefficient (Wildman–Crippen LogP) is 4.41. The molecule has 92 valence electrons. The summed E-state index contributed by atoms with van der Waals surface area (Å²) in [5.41, 5.74) is 1.21. The van der Waals surface area contributed by atoms with Crippen LogP contribution in [0.25, 0.3) is 10.9 Å². The molecule has 18 heavy (non-hydrogen) atoms. The lowest BCUT2D eigenvalue weighted by atomic mass is 10.2. The van der Waals surface area contributed by atoms with Gasteiger partial charge >= 0.3 is 0 Å². The quantitative estimate of drug-likeness (QED) is 0.691. The summed E-state index contributed by atoms with van der Waals surface area (Å²) in [4.78, 5) is 1.26. The highest BCUT2D eigenvalue weighted by Gasteiger charge is 2.04. The number of hydrogen-bond donors (Lipinski definition) is 0. The van der Waals surface area contributed by atoms with Crippen LogP contribution in [0.2, 0.25) is 4.34 Å². The Hall–Kier alpha value is -1.45. The molecule has 0 radical (unpaired) electrons. The van der Waals surface area contributed by atoms with Crippen molar-refractivity contribution in [1.82, 2.24) is 4.57 Å². The van der Waals surface area contributed by atoms with E-state index < -0.39 is 0 Å². The van der Waals surface area contributed by atoms with Crippen molar-refractivity contribution in [3.63, 3.8) is 0 Å². The number of fused-ring (bicyclic) bond motifs is 1. The second kappa shape index (κ2) is 4.67. The first-order valence-corrected chi connectivity index (χ1v) is 6.83. The molecule has 0 atom stereocenters. The summed E-state index contributed by atoms with van der Waals surface area (Å²) in [5.74, 6) is 0.888. The zero-order valence-electron chi connectivity index (χ0n) is 9.89. The van der Waals surface area contributed by atoms with E-state index in [9.17, 15) is 0 Å². The summed E-state index contributed by atoms with van der Waals surface area (Å²) in [5, 5.41) is 1.19. The van der Waals surface area contributed by atoms with Crippen LogP contribution in [0.15, 0.2) is 42.6 Å². The number of aromatic nitrogens is 1. The minimum Gasteiger partial charge on any atom is -0.497 e. The van der Waals surface area contributed by atoms with Crippen molar-refractivity contribution in [1.29, 1.82) is 0 Å². The lowest BCUT2D eigenvalue weighted by molar-refractivity contribution is 0.415. The number of thiophene rings is 1. The second-order valence-electron chi connectivity index (χ2n) is 4.07. The third-order valence-electron chi connectivity index (χ3n) is 2.93. The van der Waals surface area contributed by atoms with Crippen molar-refractivity contribution in [2.24, 2.45) is 0 Å². The van der Waals surface area contributed by atoms with Gasteiger partial charge in [-0.1, -0.05) is 11.6 Å². The Balaban J connectivity index is 1.97. The van der Waals surface area contributed by atoms with Crippen LogP contribution in [0.3, 0.4) is 0 Å². The maximum absolute atomic E-state index is 5.95. The van der Waals surface area contributed by atoms with E-state index >= 15 is 0 Å². The molecule has 4 heteroatoms. The normalized spacial score (nSPS) is 11.0. The number of hydrogen-bond acceptors (Lipinski definition) is 2. The minimum atomic E-state index is 0.836. The standard InChI is InChI=1S/C14H12ClNOS/c1-17-11-2-4-13-10(8-11)6-7-16(13)9-12-3-5-14(15)18-12/h2-8H,9H2,1H3. The SMILES string of the molecule is COc1ccc2c(ccn2Cc2ccc(Cl)s2)c1. The van der Waals surface area contributed by atoms with E-state index in [2.05, 4.69) is 29.0 Å². The fourth-order valence-corrected chi connectivity index (χ4v) is 3.13. The summed E-state index contributed by atoms with van der Waals surface area (Å²) in [6.45, 7) is 0.854. The smallest absolute Gasteiger partial charge is 0.119 e. The van der Waals surface area contributed by atoms with Crippen LogP contribution in [0.5, 0.6) is 5.75 Å². The monoisotopic (exact) mass is 277 g/mol.